The Morgan fingerprint density at radius 1 is 1.43 bits per heavy atom. The Bertz CT molecular complexity index is 651. The second-order valence-corrected chi connectivity index (χ2v) is 7.23. The lowest BCUT2D eigenvalue weighted by atomic mass is 10.0. The first-order valence-corrected chi connectivity index (χ1v) is 8.50. The lowest BCUT2D eigenvalue weighted by Gasteiger charge is -2.29. The third-order valence-corrected chi connectivity index (χ3v) is 6.06. The van der Waals surface area contributed by atoms with Gasteiger partial charge in [0, 0.05) is 19.6 Å². The van der Waals surface area contributed by atoms with Crippen molar-refractivity contribution in [2.75, 3.05) is 13.1 Å². The van der Waals surface area contributed by atoms with E-state index in [1.807, 2.05) is 6.92 Å². The van der Waals surface area contributed by atoms with Crippen molar-refractivity contribution >= 4 is 16.0 Å². The van der Waals surface area contributed by atoms with Gasteiger partial charge in [-0.2, -0.15) is 9.40 Å². The van der Waals surface area contributed by atoms with Crippen molar-refractivity contribution in [2.24, 2.45) is 5.92 Å². The molecular weight excluding hydrogens is 294 g/mol. The highest BCUT2D eigenvalue weighted by atomic mass is 32.2. The summed E-state index contributed by atoms with van der Waals surface area (Å²) in [5.41, 5.74) is 1.07. The van der Waals surface area contributed by atoms with E-state index in [1.165, 1.54) is 4.31 Å². The molecule has 7 nitrogen and oxygen atoms in total. The summed E-state index contributed by atoms with van der Waals surface area (Å²) in [6.07, 6.45) is 1.09. The molecule has 0 bridgehead atoms. The van der Waals surface area contributed by atoms with Crippen LogP contribution in [0.25, 0.3) is 0 Å². The summed E-state index contributed by atoms with van der Waals surface area (Å²) >= 11 is 0. The number of hydrogen-bond donors (Lipinski definition) is 1. The van der Waals surface area contributed by atoms with Gasteiger partial charge in [-0.05, 0) is 33.6 Å². The number of piperidine rings is 1. The van der Waals surface area contributed by atoms with Gasteiger partial charge in [0.05, 0.1) is 17.3 Å². The predicted molar refractivity (Wildman–Crippen MR) is 76.5 cm³/mol. The predicted octanol–water partition coefficient (Wildman–Crippen LogP) is 1.01. The molecule has 0 amide bonds. The maximum absolute atomic E-state index is 12.8. The first-order valence-electron chi connectivity index (χ1n) is 7.06. The van der Waals surface area contributed by atoms with Crippen LogP contribution in [0, 0.1) is 19.8 Å². The fraction of sp³-hybridized carbons (Fsp3) is 0.692. The Hall–Kier alpha value is -1.41. The number of carbonyl (C=O) groups is 1. The zero-order valence-corrected chi connectivity index (χ0v) is 13.4. The fourth-order valence-corrected chi connectivity index (χ4v) is 4.75. The number of sulfonamides is 1. The van der Waals surface area contributed by atoms with Crippen LogP contribution in [-0.4, -0.2) is 46.7 Å². The average molecular weight is 315 g/mol. The number of hydrogen-bond acceptors (Lipinski definition) is 4. The first kappa shape index (κ1) is 16.0. The van der Waals surface area contributed by atoms with Gasteiger partial charge in [-0.25, -0.2) is 8.42 Å². The van der Waals surface area contributed by atoms with Crippen LogP contribution in [0.1, 0.15) is 31.2 Å². The van der Waals surface area contributed by atoms with Gasteiger partial charge in [-0.3, -0.25) is 9.48 Å². The minimum Gasteiger partial charge on any atom is -0.481 e. The van der Waals surface area contributed by atoms with Crippen LogP contribution >= 0.6 is 0 Å². The maximum Gasteiger partial charge on any atom is 0.307 e. The van der Waals surface area contributed by atoms with Gasteiger partial charge < -0.3 is 5.11 Å². The number of carboxylic acid groups (broad SMARTS) is 1. The molecule has 1 fully saturated rings. The van der Waals surface area contributed by atoms with Gasteiger partial charge in [0.2, 0.25) is 10.0 Å². The standard InChI is InChI=1S/C13H21N3O4S/c1-4-16-10(3)12(9(2)14-16)21(19,20)15-7-5-6-11(8-15)13(17)18/h11H,4-8H2,1-3H3,(H,17,18). The Labute approximate surface area is 124 Å². The summed E-state index contributed by atoms with van der Waals surface area (Å²) < 4.78 is 28.5. The molecule has 1 unspecified atom stereocenters. The van der Waals surface area contributed by atoms with Gasteiger partial charge in [0.25, 0.3) is 0 Å². The molecule has 118 valence electrons. The summed E-state index contributed by atoms with van der Waals surface area (Å²) in [7, 11) is -3.69. The van der Waals surface area contributed by atoms with E-state index >= 15 is 0 Å². The number of aryl methyl sites for hydroxylation is 2. The van der Waals surface area contributed by atoms with E-state index < -0.39 is 21.9 Å². The van der Waals surface area contributed by atoms with Crippen molar-refractivity contribution in [2.45, 2.75) is 45.1 Å². The van der Waals surface area contributed by atoms with Crippen molar-refractivity contribution in [1.29, 1.82) is 0 Å². The molecule has 1 atom stereocenters. The number of aromatic nitrogens is 2. The Kier molecular flexibility index (Phi) is 4.38. The minimum atomic E-state index is -3.69. The van der Waals surface area contributed by atoms with Crippen LogP contribution in [0.15, 0.2) is 4.90 Å². The van der Waals surface area contributed by atoms with E-state index in [0.29, 0.717) is 37.3 Å². The molecular formula is C13H21N3O4S. The highest BCUT2D eigenvalue weighted by molar-refractivity contribution is 7.89. The summed E-state index contributed by atoms with van der Waals surface area (Å²) in [6, 6.07) is 0. The normalized spacial score (nSPS) is 20.6. The smallest absolute Gasteiger partial charge is 0.307 e. The monoisotopic (exact) mass is 315 g/mol. The van der Waals surface area contributed by atoms with E-state index in [4.69, 9.17) is 5.11 Å². The molecule has 21 heavy (non-hydrogen) atoms. The lowest BCUT2D eigenvalue weighted by Crippen LogP contribution is -2.42. The number of nitrogens with zero attached hydrogens (tertiary/aromatic N) is 3. The van der Waals surface area contributed by atoms with Gasteiger partial charge in [0.1, 0.15) is 4.90 Å². The molecule has 1 aromatic heterocycles. The topological polar surface area (TPSA) is 92.5 Å². The SMILES string of the molecule is CCn1nc(C)c(S(=O)(=O)N2CCCC(C(=O)O)C2)c1C. The third kappa shape index (κ3) is 2.82. The highest BCUT2D eigenvalue weighted by Crippen LogP contribution is 2.27. The molecule has 1 saturated heterocycles. The zero-order chi connectivity index (χ0) is 15.8. The van der Waals surface area contributed by atoms with E-state index in [0.717, 1.165) is 0 Å². The van der Waals surface area contributed by atoms with Crippen LogP contribution in [0.3, 0.4) is 0 Å². The van der Waals surface area contributed by atoms with Crippen molar-refractivity contribution in [1.82, 2.24) is 14.1 Å². The van der Waals surface area contributed by atoms with Crippen LogP contribution in [-0.2, 0) is 21.4 Å². The lowest BCUT2D eigenvalue weighted by molar-refractivity contribution is -0.142. The Balaban J connectivity index is 2.38. The van der Waals surface area contributed by atoms with Gasteiger partial charge in [0.15, 0.2) is 0 Å². The van der Waals surface area contributed by atoms with Gasteiger partial charge in [-0.1, -0.05) is 0 Å². The van der Waals surface area contributed by atoms with Crippen molar-refractivity contribution in [3.8, 4) is 0 Å². The molecule has 1 aromatic rings. The Morgan fingerprint density at radius 3 is 2.62 bits per heavy atom. The molecule has 8 heteroatoms. The van der Waals surface area contributed by atoms with Gasteiger partial charge >= 0.3 is 5.97 Å². The molecule has 2 heterocycles. The van der Waals surface area contributed by atoms with E-state index in [2.05, 4.69) is 5.10 Å². The molecule has 2 rings (SSSR count). The molecule has 1 N–H and O–H groups in total. The third-order valence-electron chi connectivity index (χ3n) is 3.95. The van der Waals surface area contributed by atoms with E-state index in [1.54, 1.807) is 18.5 Å². The summed E-state index contributed by atoms with van der Waals surface area (Å²) in [5, 5.41) is 13.3. The quantitative estimate of drug-likeness (QED) is 0.895. The maximum atomic E-state index is 12.8. The van der Waals surface area contributed by atoms with E-state index in [-0.39, 0.29) is 11.4 Å². The van der Waals surface area contributed by atoms with Crippen LogP contribution in [0.5, 0.6) is 0 Å². The molecule has 0 saturated carbocycles. The van der Waals surface area contributed by atoms with Crippen molar-refractivity contribution in [3.05, 3.63) is 11.4 Å². The molecule has 0 aromatic carbocycles. The highest BCUT2D eigenvalue weighted by Gasteiger charge is 2.36. The zero-order valence-electron chi connectivity index (χ0n) is 12.5. The average Bonchev–Trinajstić information content (AvgIpc) is 2.73. The second kappa shape index (κ2) is 5.76. The fourth-order valence-electron chi connectivity index (χ4n) is 2.85. The number of rotatable bonds is 4. The molecule has 0 radical (unpaired) electrons. The number of carboxylic acids is 1. The van der Waals surface area contributed by atoms with Gasteiger partial charge in [-0.15, -0.1) is 0 Å². The Morgan fingerprint density at radius 2 is 2.10 bits per heavy atom. The molecule has 1 aliphatic heterocycles. The summed E-state index contributed by atoms with van der Waals surface area (Å²) in [6.45, 7) is 6.30. The first-order chi connectivity index (χ1) is 9.78. The van der Waals surface area contributed by atoms with Crippen molar-refractivity contribution in [3.63, 3.8) is 0 Å². The van der Waals surface area contributed by atoms with Crippen LogP contribution in [0.4, 0.5) is 0 Å². The number of aliphatic carboxylic acids is 1. The van der Waals surface area contributed by atoms with Crippen LogP contribution < -0.4 is 0 Å². The minimum absolute atomic E-state index is 0.0356. The van der Waals surface area contributed by atoms with E-state index in [9.17, 15) is 13.2 Å². The summed E-state index contributed by atoms with van der Waals surface area (Å²) in [5.74, 6) is -1.57. The largest absolute Gasteiger partial charge is 0.481 e. The molecule has 0 spiro atoms. The molecule has 1 aliphatic rings. The second-order valence-electron chi connectivity index (χ2n) is 5.36. The van der Waals surface area contributed by atoms with Crippen molar-refractivity contribution < 1.29 is 18.3 Å². The summed E-state index contributed by atoms with van der Waals surface area (Å²) in [4.78, 5) is 11.3. The van der Waals surface area contributed by atoms with Crippen LogP contribution in [0.2, 0.25) is 0 Å². The molecule has 0 aliphatic carbocycles.